The number of phenols is 3. The molecule has 0 spiro atoms. The van der Waals surface area contributed by atoms with Gasteiger partial charge >= 0.3 is 0 Å². The van der Waals surface area contributed by atoms with E-state index in [2.05, 4.69) is 0 Å². The maximum absolute atomic E-state index is 9.59. The summed E-state index contributed by atoms with van der Waals surface area (Å²) in [5.74, 6) is 0.407. The van der Waals surface area contributed by atoms with E-state index in [4.69, 9.17) is 4.74 Å². The molecule has 0 aliphatic rings. The van der Waals surface area contributed by atoms with Crippen molar-refractivity contribution in [2.75, 3.05) is 7.11 Å². The van der Waals surface area contributed by atoms with Gasteiger partial charge in [0, 0.05) is 0 Å². The molecule has 4 nitrogen and oxygen atoms in total. The molecule has 3 N–H and O–H groups in total. The highest BCUT2D eigenvalue weighted by Crippen LogP contribution is 2.31. The van der Waals surface area contributed by atoms with Crippen LogP contribution in [0, 0.1) is 6.92 Å². The summed E-state index contributed by atoms with van der Waals surface area (Å²) in [6, 6.07) is 8.66. The minimum Gasteiger partial charge on any atom is -0.504 e. The van der Waals surface area contributed by atoms with Crippen LogP contribution in [-0.4, -0.2) is 22.4 Å². The molecule has 0 bridgehead atoms. The average molecular weight is 274 g/mol. The van der Waals surface area contributed by atoms with Gasteiger partial charge in [-0.1, -0.05) is 12.1 Å². The number of methoxy groups -OCH3 is 1. The molecule has 0 amide bonds. The Bertz CT molecular complexity index is 597. The number of aryl methyl sites for hydroxylation is 3. The number of ether oxygens (including phenoxy) is 1. The second-order valence-corrected chi connectivity index (χ2v) is 4.79. The van der Waals surface area contributed by atoms with Crippen LogP contribution in [0.2, 0.25) is 0 Å². The fourth-order valence-corrected chi connectivity index (χ4v) is 2.14. The molecular formula is C16H18O4. The SMILES string of the molecule is COc1cc(CCc2cc(C)c(O)c(O)c2)ccc1O. The van der Waals surface area contributed by atoms with Crippen molar-refractivity contribution in [3.63, 3.8) is 0 Å². The Labute approximate surface area is 117 Å². The van der Waals surface area contributed by atoms with Crippen LogP contribution in [0.3, 0.4) is 0 Å². The molecule has 0 saturated carbocycles. The van der Waals surface area contributed by atoms with Gasteiger partial charge in [0.2, 0.25) is 0 Å². The highest BCUT2D eigenvalue weighted by atomic mass is 16.5. The van der Waals surface area contributed by atoms with Crippen molar-refractivity contribution in [1.82, 2.24) is 0 Å². The topological polar surface area (TPSA) is 69.9 Å². The second kappa shape index (κ2) is 5.74. The first-order valence-corrected chi connectivity index (χ1v) is 6.38. The normalized spacial score (nSPS) is 10.5. The molecule has 20 heavy (non-hydrogen) atoms. The molecule has 0 fully saturated rings. The van der Waals surface area contributed by atoms with Crippen molar-refractivity contribution >= 4 is 0 Å². The Kier molecular flexibility index (Phi) is 4.03. The van der Waals surface area contributed by atoms with Crippen LogP contribution < -0.4 is 4.74 Å². The van der Waals surface area contributed by atoms with Gasteiger partial charge in [0.05, 0.1) is 7.11 Å². The van der Waals surface area contributed by atoms with E-state index in [0.717, 1.165) is 24.0 Å². The van der Waals surface area contributed by atoms with Crippen LogP contribution in [-0.2, 0) is 12.8 Å². The molecule has 0 aromatic heterocycles. The maximum Gasteiger partial charge on any atom is 0.160 e. The average Bonchev–Trinajstić information content (AvgIpc) is 2.43. The van der Waals surface area contributed by atoms with Crippen molar-refractivity contribution in [2.24, 2.45) is 0 Å². The van der Waals surface area contributed by atoms with E-state index in [9.17, 15) is 15.3 Å². The minimum absolute atomic E-state index is 0.0694. The lowest BCUT2D eigenvalue weighted by molar-refractivity contribution is 0.373. The fourth-order valence-electron chi connectivity index (χ4n) is 2.14. The van der Waals surface area contributed by atoms with E-state index in [1.54, 1.807) is 25.1 Å². The fraction of sp³-hybridized carbons (Fsp3) is 0.250. The van der Waals surface area contributed by atoms with Gasteiger partial charge in [0.25, 0.3) is 0 Å². The second-order valence-electron chi connectivity index (χ2n) is 4.79. The van der Waals surface area contributed by atoms with Gasteiger partial charge in [-0.2, -0.15) is 0 Å². The van der Waals surface area contributed by atoms with Gasteiger partial charge in [0.1, 0.15) is 0 Å². The zero-order valence-corrected chi connectivity index (χ0v) is 11.6. The van der Waals surface area contributed by atoms with Crippen LogP contribution in [0.15, 0.2) is 30.3 Å². The lowest BCUT2D eigenvalue weighted by Crippen LogP contribution is -1.94. The standard InChI is InChI=1S/C16H18O4/c1-10-7-12(8-14(18)16(10)19)4-3-11-5-6-13(17)15(9-11)20-2/h5-9,17-19H,3-4H2,1-2H3. The van der Waals surface area contributed by atoms with E-state index >= 15 is 0 Å². The Morgan fingerprint density at radius 1 is 0.900 bits per heavy atom. The third kappa shape index (κ3) is 2.96. The number of benzene rings is 2. The summed E-state index contributed by atoms with van der Waals surface area (Å²) in [5, 5.41) is 28.7. The van der Waals surface area contributed by atoms with Crippen LogP contribution >= 0.6 is 0 Å². The monoisotopic (exact) mass is 274 g/mol. The largest absolute Gasteiger partial charge is 0.504 e. The molecule has 0 unspecified atom stereocenters. The molecule has 0 heterocycles. The molecule has 2 rings (SSSR count). The predicted octanol–water partition coefficient (Wildman–Crippen LogP) is 2.91. The first kappa shape index (κ1) is 14.1. The predicted molar refractivity (Wildman–Crippen MR) is 76.6 cm³/mol. The maximum atomic E-state index is 9.59. The van der Waals surface area contributed by atoms with Crippen molar-refractivity contribution in [3.05, 3.63) is 47.0 Å². The Hall–Kier alpha value is -2.36. The van der Waals surface area contributed by atoms with Crippen LogP contribution in [0.1, 0.15) is 16.7 Å². The highest BCUT2D eigenvalue weighted by Gasteiger charge is 2.07. The molecule has 106 valence electrons. The number of phenolic OH excluding ortho intramolecular Hbond substituents is 3. The molecule has 0 aliphatic carbocycles. The summed E-state index contributed by atoms with van der Waals surface area (Å²) in [6.07, 6.45) is 1.48. The molecule has 0 saturated heterocycles. The number of aromatic hydroxyl groups is 3. The lowest BCUT2D eigenvalue weighted by Gasteiger charge is -2.09. The van der Waals surface area contributed by atoms with Gasteiger partial charge in [-0.25, -0.2) is 0 Å². The first-order valence-electron chi connectivity index (χ1n) is 6.38. The lowest BCUT2D eigenvalue weighted by atomic mass is 10.0. The summed E-state index contributed by atoms with van der Waals surface area (Å²) < 4.78 is 5.07. The van der Waals surface area contributed by atoms with E-state index in [-0.39, 0.29) is 17.2 Å². The highest BCUT2D eigenvalue weighted by molar-refractivity contribution is 5.47. The number of hydrogen-bond acceptors (Lipinski definition) is 4. The van der Waals surface area contributed by atoms with E-state index in [0.29, 0.717) is 11.3 Å². The Balaban J connectivity index is 2.13. The van der Waals surface area contributed by atoms with Crippen LogP contribution in [0.4, 0.5) is 0 Å². The molecule has 0 atom stereocenters. The Morgan fingerprint density at radius 3 is 2.25 bits per heavy atom. The summed E-state index contributed by atoms with van der Waals surface area (Å²) in [7, 11) is 1.51. The zero-order valence-electron chi connectivity index (χ0n) is 11.6. The van der Waals surface area contributed by atoms with Gasteiger partial charge < -0.3 is 20.1 Å². The van der Waals surface area contributed by atoms with Crippen molar-refractivity contribution in [2.45, 2.75) is 19.8 Å². The van der Waals surface area contributed by atoms with E-state index in [1.165, 1.54) is 7.11 Å². The van der Waals surface area contributed by atoms with Crippen molar-refractivity contribution in [3.8, 4) is 23.0 Å². The van der Waals surface area contributed by atoms with Crippen LogP contribution in [0.25, 0.3) is 0 Å². The molecular weight excluding hydrogens is 256 g/mol. The third-order valence-electron chi connectivity index (χ3n) is 3.29. The van der Waals surface area contributed by atoms with Gasteiger partial charge in [-0.05, 0) is 54.7 Å². The summed E-state index contributed by atoms with van der Waals surface area (Å²) in [4.78, 5) is 0. The summed E-state index contributed by atoms with van der Waals surface area (Å²) in [6.45, 7) is 1.75. The number of rotatable bonds is 4. The van der Waals surface area contributed by atoms with Gasteiger partial charge in [-0.15, -0.1) is 0 Å². The van der Waals surface area contributed by atoms with E-state index < -0.39 is 0 Å². The zero-order chi connectivity index (χ0) is 14.7. The molecule has 4 heteroatoms. The smallest absolute Gasteiger partial charge is 0.160 e. The van der Waals surface area contributed by atoms with Gasteiger partial charge in [0.15, 0.2) is 23.0 Å². The number of hydrogen-bond donors (Lipinski definition) is 3. The minimum atomic E-state index is -0.0942. The summed E-state index contributed by atoms with van der Waals surface area (Å²) in [5.41, 5.74) is 2.64. The molecule has 0 aliphatic heterocycles. The van der Waals surface area contributed by atoms with Gasteiger partial charge in [-0.3, -0.25) is 0 Å². The molecule has 0 radical (unpaired) electrons. The third-order valence-corrected chi connectivity index (χ3v) is 3.29. The summed E-state index contributed by atoms with van der Waals surface area (Å²) >= 11 is 0. The molecule has 2 aromatic carbocycles. The van der Waals surface area contributed by atoms with E-state index in [1.807, 2.05) is 12.1 Å². The van der Waals surface area contributed by atoms with Crippen molar-refractivity contribution in [1.29, 1.82) is 0 Å². The van der Waals surface area contributed by atoms with Crippen molar-refractivity contribution < 1.29 is 20.1 Å². The molecule has 2 aromatic rings. The quantitative estimate of drug-likeness (QED) is 0.750. The first-order chi connectivity index (χ1) is 9.51. The Morgan fingerprint density at radius 2 is 1.60 bits per heavy atom. The van der Waals surface area contributed by atoms with Crippen LogP contribution in [0.5, 0.6) is 23.0 Å².